The number of halogens is 1. The molecule has 0 spiro atoms. The number of hydrogen-bond acceptors (Lipinski definition) is 8. The highest BCUT2D eigenvalue weighted by atomic mass is 35.5. The van der Waals surface area contributed by atoms with E-state index in [0.717, 1.165) is 0 Å². The number of aromatic nitrogens is 2. The van der Waals surface area contributed by atoms with E-state index in [2.05, 4.69) is 9.97 Å². The average molecular weight is 432 g/mol. The molecule has 0 aliphatic carbocycles. The van der Waals surface area contributed by atoms with Gasteiger partial charge in [0.2, 0.25) is 11.8 Å². The number of methoxy groups -OCH3 is 2. The molecule has 0 unspecified atom stereocenters. The van der Waals surface area contributed by atoms with Crippen LogP contribution in [0.25, 0.3) is 11.1 Å². The zero-order chi connectivity index (χ0) is 21.8. The molecule has 0 bridgehead atoms. The summed E-state index contributed by atoms with van der Waals surface area (Å²) in [4.78, 5) is 30.6. The summed E-state index contributed by atoms with van der Waals surface area (Å²) in [6.45, 7) is 0. The number of carboxylic acids is 1. The molecular formula is C19H14ClN3O7. The number of nitro groups is 1. The summed E-state index contributed by atoms with van der Waals surface area (Å²) < 4.78 is 15.7. The predicted molar refractivity (Wildman–Crippen MR) is 106 cm³/mol. The third-order valence-corrected chi connectivity index (χ3v) is 4.29. The Kier molecular flexibility index (Phi) is 5.98. The highest BCUT2D eigenvalue weighted by molar-refractivity contribution is 6.32. The van der Waals surface area contributed by atoms with Gasteiger partial charge in [0.1, 0.15) is 16.3 Å². The topological polar surface area (TPSA) is 134 Å². The maximum absolute atomic E-state index is 12.0. The van der Waals surface area contributed by atoms with Gasteiger partial charge in [0.15, 0.2) is 0 Å². The van der Waals surface area contributed by atoms with Crippen LogP contribution in [0.2, 0.25) is 5.02 Å². The Morgan fingerprint density at radius 3 is 2.33 bits per heavy atom. The first-order valence-corrected chi connectivity index (χ1v) is 8.67. The molecule has 0 radical (unpaired) electrons. The number of ether oxygens (including phenoxy) is 3. The van der Waals surface area contributed by atoms with Gasteiger partial charge in [-0.05, 0) is 17.7 Å². The SMILES string of the molecule is COc1cc(OC)nc(Oc2cccc(-c3ccc(Cl)c([N+](=O)[O-])c3)c2C(=O)O)n1. The molecule has 0 atom stereocenters. The van der Waals surface area contributed by atoms with Gasteiger partial charge in [-0.25, -0.2) is 4.79 Å². The number of benzene rings is 2. The van der Waals surface area contributed by atoms with Gasteiger partial charge in [0.05, 0.1) is 25.2 Å². The zero-order valence-corrected chi connectivity index (χ0v) is 16.4. The second-order valence-electron chi connectivity index (χ2n) is 5.74. The highest BCUT2D eigenvalue weighted by Gasteiger charge is 2.22. The van der Waals surface area contributed by atoms with Gasteiger partial charge >= 0.3 is 12.0 Å². The van der Waals surface area contributed by atoms with Crippen molar-refractivity contribution in [3.05, 3.63) is 63.2 Å². The van der Waals surface area contributed by atoms with Gasteiger partial charge in [-0.15, -0.1) is 0 Å². The van der Waals surface area contributed by atoms with Crippen molar-refractivity contribution in [2.45, 2.75) is 0 Å². The monoisotopic (exact) mass is 431 g/mol. The largest absolute Gasteiger partial charge is 0.481 e. The third kappa shape index (κ3) is 4.23. The molecule has 0 aliphatic rings. The van der Waals surface area contributed by atoms with E-state index in [4.69, 9.17) is 25.8 Å². The lowest BCUT2D eigenvalue weighted by molar-refractivity contribution is -0.384. The van der Waals surface area contributed by atoms with Crippen molar-refractivity contribution in [2.75, 3.05) is 14.2 Å². The van der Waals surface area contributed by atoms with Crippen molar-refractivity contribution < 1.29 is 29.0 Å². The molecule has 1 aromatic heterocycles. The van der Waals surface area contributed by atoms with Gasteiger partial charge in [-0.3, -0.25) is 10.1 Å². The Balaban J connectivity index is 2.12. The Bertz CT molecular complexity index is 1110. The number of carboxylic acid groups (broad SMARTS) is 1. The molecule has 1 heterocycles. The van der Waals surface area contributed by atoms with Crippen LogP contribution in [0.4, 0.5) is 5.69 Å². The van der Waals surface area contributed by atoms with Crippen molar-refractivity contribution in [3.8, 4) is 34.6 Å². The van der Waals surface area contributed by atoms with Crippen LogP contribution in [0.15, 0.2) is 42.5 Å². The molecule has 154 valence electrons. The van der Waals surface area contributed by atoms with E-state index in [0.29, 0.717) is 0 Å². The summed E-state index contributed by atoms with van der Waals surface area (Å²) in [6, 6.07) is 9.66. The number of aromatic carboxylic acids is 1. The van der Waals surface area contributed by atoms with Gasteiger partial charge in [-0.2, -0.15) is 9.97 Å². The van der Waals surface area contributed by atoms with Gasteiger partial charge in [-0.1, -0.05) is 29.8 Å². The van der Waals surface area contributed by atoms with E-state index in [1.165, 1.54) is 56.7 Å². The molecule has 10 nitrogen and oxygen atoms in total. The van der Waals surface area contributed by atoms with Gasteiger partial charge in [0.25, 0.3) is 5.69 Å². The summed E-state index contributed by atoms with van der Waals surface area (Å²) in [5.74, 6) is -1.09. The van der Waals surface area contributed by atoms with Crippen LogP contribution in [0.1, 0.15) is 10.4 Å². The molecule has 0 fully saturated rings. The third-order valence-electron chi connectivity index (χ3n) is 3.97. The van der Waals surface area contributed by atoms with Crippen LogP contribution in [0.3, 0.4) is 0 Å². The number of rotatable bonds is 7. The fourth-order valence-corrected chi connectivity index (χ4v) is 2.82. The maximum Gasteiger partial charge on any atom is 0.340 e. The Morgan fingerprint density at radius 2 is 1.77 bits per heavy atom. The standard InChI is InChI=1S/C19H14ClN3O7/c1-28-15-9-16(29-2)22-19(21-15)30-14-5-3-4-11(17(14)18(24)25)10-6-7-12(20)13(8-10)23(26)27/h3-9H,1-2H3,(H,24,25). The molecule has 2 aromatic carbocycles. The molecule has 3 rings (SSSR count). The van der Waals surface area contributed by atoms with E-state index in [9.17, 15) is 20.0 Å². The minimum Gasteiger partial charge on any atom is -0.481 e. The molecule has 11 heteroatoms. The first kappa shape index (κ1) is 20.8. The molecule has 3 aromatic rings. The smallest absolute Gasteiger partial charge is 0.340 e. The summed E-state index contributed by atoms with van der Waals surface area (Å²) >= 11 is 5.85. The van der Waals surface area contributed by atoms with Crippen LogP contribution in [-0.2, 0) is 0 Å². The molecule has 0 saturated heterocycles. The number of nitro benzene ring substituents is 1. The molecule has 0 aliphatic heterocycles. The Labute approximate surface area is 174 Å². The molecule has 0 amide bonds. The van der Waals surface area contributed by atoms with Crippen molar-refractivity contribution in [1.29, 1.82) is 0 Å². The van der Waals surface area contributed by atoms with E-state index in [1.807, 2.05) is 0 Å². The number of carbonyl (C=O) groups is 1. The van der Waals surface area contributed by atoms with E-state index < -0.39 is 10.9 Å². The van der Waals surface area contributed by atoms with Gasteiger partial charge < -0.3 is 19.3 Å². The van der Waals surface area contributed by atoms with Crippen LogP contribution >= 0.6 is 11.6 Å². The van der Waals surface area contributed by atoms with Crippen LogP contribution < -0.4 is 14.2 Å². The summed E-state index contributed by atoms with van der Waals surface area (Å²) in [5.41, 5.74) is -0.120. The number of hydrogen-bond donors (Lipinski definition) is 1. The first-order chi connectivity index (χ1) is 14.3. The van der Waals surface area contributed by atoms with Crippen molar-refractivity contribution in [1.82, 2.24) is 9.97 Å². The first-order valence-electron chi connectivity index (χ1n) is 8.29. The van der Waals surface area contributed by atoms with Gasteiger partial charge in [0, 0.05) is 11.6 Å². The molecule has 1 N–H and O–H groups in total. The fraction of sp³-hybridized carbons (Fsp3) is 0.105. The van der Waals surface area contributed by atoms with E-state index in [-0.39, 0.29) is 50.9 Å². The zero-order valence-electron chi connectivity index (χ0n) is 15.7. The lowest BCUT2D eigenvalue weighted by atomic mass is 9.98. The van der Waals surface area contributed by atoms with Crippen LogP contribution in [0.5, 0.6) is 23.5 Å². The summed E-state index contributed by atoms with van der Waals surface area (Å²) in [7, 11) is 2.78. The van der Waals surface area contributed by atoms with Crippen molar-refractivity contribution >= 4 is 23.3 Å². The maximum atomic E-state index is 12.0. The number of nitrogens with zero attached hydrogens (tertiary/aromatic N) is 3. The Hall–Kier alpha value is -3.92. The fourth-order valence-electron chi connectivity index (χ4n) is 2.63. The predicted octanol–water partition coefficient (Wildman–Crippen LogP) is 4.21. The van der Waals surface area contributed by atoms with Crippen LogP contribution in [0, 0.1) is 10.1 Å². The second kappa shape index (κ2) is 8.62. The molecular weight excluding hydrogens is 418 g/mol. The van der Waals surface area contributed by atoms with E-state index in [1.54, 1.807) is 0 Å². The summed E-state index contributed by atoms with van der Waals surface area (Å²) in [5, 5.41) is 20.9. The second-order valence-corrected chi connectivity index (χ2v) is 6.15. The van der Waals surface area contributed by atoms with Crippen LogP contribution in [-0.4, -0.2) is 40.2 Å². The van der Waals surface area contributed by atoms with Crippen molar-refractivity contribution in [3.63, 3.8) is 0 Å². The highest BCUT2D eigenvalue weighted by Crippen LogP contribution is 2.36. The quantitative estimate of drug-likeness (QED) is 0.431. The van der Waals surface area contributed by atoms with E-state index >= 15 is 0 Å². The molecule has 30 heavy (non-hydrogen) atoms. The Morgan fingerprint density at radius 1 is 1.10 bits per heavy atom. The lowest BCUT2D eigenvalue weighted by Gasteiger charge is -2.13. The molecule has 0 saturated carbocycles. The minimum absolute atomic E-state index is 0.0649. The normalized spacial score (nSPS) is 10.4. The van der Waals surface area contributed by atoms with Crippen molar-refractivity contribution in [2.24, 2.45) is 0 Å². The minimum atomic E-state index is -1.31. The lowest BCUT2D eigenvalue weighted by Crippen LogP contribution is -2.05. The average Bonchev–Trinajstić information content (AvgIpc) is 2.73. The summed E-state index contributed by atoms with van der Waals surface area (Å²) in [6.07, 6.45) is 0.